The quantitative estimate of drug-likeness (QED) is 0.343. The van der Waals surface area contributed by atoms with Crippen LogP contribution in [0.4, 0.5) is 0 Å². The van der Waals surface area contributed by atoms with Crippen LogP contribution in [0.1, 0.15) is 1.37 Å². The van der Waals surface area contributed by atoms with Crippen molar-refractivity contribution in [2.75, 3.05) is 13.7 Å². The van der Waals surface area contributed by atoms with Crippen LogP contribution in [0.25, 0.3) is 0 Å². The summed E-state index contributed by atoms with van der Waals surface area (Å²) in [7, 11) is -0.508. The highest BCUT2D eigenvalue weighted by Crippen LogP contribution is 2.05. The Morgan fingerprint density at radius 3 is 2.46 bits per heavy atom. The third-order valence-electron chi connectivity index (χ3n) is 1.61. The minimum absolute atomic E-state index is 0.0585. The number of carbonyl (C=O) groups excluding carboxylic acids is 1. The van der Waals surface area contributed by atoms with Crippen molar-refractivity contribution in [3.8, 4) is 0 Å². The first-order valence-electron chi connectivity index (χ1n) is 4.30. The van der Waals surface area contributed by atoms with E-state index >= 15 is 0 Å². The van der Waals surface area contributed by atoms with Crippen LogP contribution >= 0.6 is 0 Å². The number of aldehydes is 1. The summed E-state index contributed by atoms with van der Waals surface area (Å²) < 4.78 is 11.2. The number of hydrogen-bond donors (Lipinski definition) is 4. The third kappa shape index (κ3) is 3.37. The number of aliphatic hydroxyl groups is 4. The molecule has 0 aliphatic heterocycles. The topological polar surface area (TPSA) is 107 Å². The van der Waals surface area contributed by atoms with E-state index in [0.29, 0.717) is 0 Å². The average molecular weight is 195 g/mol. The second-order valence-electron chi connectivity index (χ2n) is 2.50. The van der Waals surface area contributed by atoms with Gasteiger partial charge in [-0.25, -0.2) is 0 Å². The third-order valence-corrected chi connectivity index (χ3v) is 1.61. The molecule has 0 unspecified atom stereocenters. The molecule has 78 valence electrons. The molecule has 6 heteroatoms. The van der Waals surface area contributed by atoms with Crippen molar-refractivity contribution in [2.24, 2.45) is 0 Å². The highest BCUT2D eigenvalue weighted by Gasteiger charge is 2.30. The summed E-state index contributed by atoms with van der Waals surface area (Å²) in [6, 6.07) is 0. The van der Waals surface area contributed by atoms with Gasteiger partial charge in [0.2, 0.25) is 0 Å². The molecule has 0 amide bonds. The molecule has 0 aliphatic rings. The van der Waals surface area contributed by atoms with Crippen molar-refractivity contribution < 1.29 is 31.3 Å². The first-order valence-corrected chi connectivity index (χ1v) is 3.59. The molecule has 13 heavy (non-hydrogen) atoms. The van der Waals surface area contributed by atoms with Crippen LogP contribution < -0.4 is 0 Å². The fraction of sp³-hybridized carbons (Fsp3) is 0.857. The van der Waals surface area contributed by atoms with E-state index in [0.717, 1.165) is 0 Å². The largest absolute Gasteiger partial charge is 0.394 e. The van der Waals surface area contributed by atoms with Gasteiger partial charge >= 0.3 is 0 Å². The fourth-order valence-corrected chi connectivity index (χ4v) is 0.762. The van der Waals surface area contributed by atoms with Gasteiger partial charge in [-0.05, 0) is 0 Å². The molecular formula is C7H14O6. The van der Waals surface area contributed by atoms with Gasteiger partial charge in [0.1, 0.15) is 24.4 Å². The van der Waals surface area contributed by atoms with E-state index in [9.17, 15) is 9.90 Å². The molecular weight excluding hydrogens is 180 g/mol. The van der Waals surface area contributed by atoms with E-state index in [1.54, 1.807) is 0 Å². The van der Waals surface area contributed by atoms with E-state index in [1.807, 2.05) is 0 Å². The van der Waals surface area contributed by atoms with Gasteiger partial charge in [0.15, 0.2) is 6.29 Å². The van der Waals surface area contributed by atoms with E-state index in [1.165, 1.54) is 0 Å². The van der Waals surface area contributed by atoms with Gasteiger partial charge in [-0.2, -0.15) is 0 Å². The minimum Gasteiger partial charge on any atom is -0.394 e. The summed E-state index contributed by atoms with van der Waals surface area (Å²) in [6.45, 7) is -0.622. The number of rotatable bonds is 6. The van der Waals surface area contributed by atoms with E-state index in [2.05, 4.69) is 4.74 Å². The van der Waals surface area contributed by atoms with Crippen LogP contribution in [-0.4, -0.2) is 64.8 Å². The normalized spacial score (nSPS) is 21.4. The Bertz CT molecular complexity index is 166. The molecule has 0 fully saturated rings. The summed E-state index contributed by atoms with van der Waals surface area (Å²) in [5.74, 6) is 0. The van der Waals surface area contributed by atoms with Crippen LogP contribution in [0.15, 0.2) is 0 Å². The van der Waals surface area contributed by atoms with Gasteiger partial charge in [0.25, 0.3) is 0 Å². The number of aliphatic hydroxyl groups excluding tert-OH is 4. The highest BCUT2D eigenvalue weighted by molar-refractivity contribution is 5.56. The van der Waals surface area contributed by atoms with Gasteiger partial charge in [-0.15, -0.1) is 0 Å². The molecule has 0 aromatic rings. The fourth-order valence-electron chi connectivity index (χ4n) is 0.762. The lowest BCUT2D eigenvalue weighted by atomic mass is 10.0. The number of hydrogen-bond acceptors (Lipinski definition) is 6. The second-order valence-corrected chi connectivity index (χ2v) is 2.50. The molecule has 0 aromatic carbocycles. The SMILES string of the molecule is [2H]CO[C@H](CO)[C@@H](O)[C@H](O)[C@@H](O)C=O. The zero-order chi connectivity index (χ0) is 11.1. The molecule has 0 radical (unpaired) electrons. The average Bonchev–Trinajstić information content (AvgIpc) is 2.22. The van der Waals surface area contributed by atoms with Crippen molar-refractivity contribution in [3.05, 3.63) is 0 Å². The molecule has 0 heterocycles. The Morgan fingerprint density at radius 2 is 2.08 bits per heavy atom. The Morgan fingerprint density at radius 1 is 1.46 bits per heavy atom. The maximum atomic E-state index is 10.1. The zero-order valence-corrected chi connectivity index (χ0v) is 6.91. The zero-order valence-electron chi connectivity index (χ0n) is 7.91. The molecule has 0 bridgehead atoms. The summed E-state index contributed by atoms with van der Waals surface area (Å²) in [5, 5.41) is 35.9. The summed E-state index contributed by atoms with van der Waals surface area (Å²) in [6.07, 6.45) is -6.24. The van der Waals surface area contributed by atoms with Crippen molar-refractivity contribution in [1.82, 2.24) is 0 Å². The van der Waals surface area contributed by atoms with Gasteiger partial charge in [0.05, 0.1) is 7.98 Å². The van der Waals surface area contributed by atoms with Crippen molar-refractivity contribution in [2.45, 2.75) is 24.4 Å². The predicted octanol–water partition coefficient (Wildman–Crippen LogP) is -2.72. The van der Waals surface area contributed by atoms with E-state index in [-0.39, 0.29) is 6.29 Å². The number of carbonyl (C=O) groups is 1. The smallest absolute Gasteiger partial charge is 0.151 e. The summed E-state index contributed by atoms with van der Waals surface area (Å²) in [4.78, 5) is 10.1. The lowest BCUT2D eigenvalue weighted by Crippen LogP contribution is -2.47. The van der Waals surface area contributed by atoms with Gasteiger partial charge in [-0.3, -0.25) is 0 Å². The number of methoxy groups -OCH3 is 1. The lowest BCUT2D eigenvalue weighted by Gasteiger charge is -2.25. The maximum Gasteiger partial charge on any atom is 0.151 e. The highest BCUT2D eigenvalue weighted by atomic mass is 16.5. The molecule has 0 aromatic heterocycles. The van der Waals surface area contributed by atoms with Crippen molar-refractivity contribution >= 4 is 6.29 Å². The van der Waals surface area contributed by atoms with Crippen LogP contribution in [0.2, 0.25) is 0 Å². The summed E-state index contributed by atoms with van der Waals surface area (Å²) in [5.41, 5.74) is 0. The van der Waals surface area contributed by atoms with Crippen molar-refractivity contribution in [1.29, 1.82) is 0 Å². The molecule has 0 saturated heterocycles. The molecule has 0 saturated carbocycles. The van der Waals surface area contributed by atoms with Crippen LogP contribution in [0, 0.1) is 0 Å². The first kappa shape index (κ1) is 10.6. The van der Waals surface area contributed by atoms with Gasteiger partial charge in [-0.1, -0.05) is 0 Å². The van der Waals surface area contributed by atoms with Gasteiger partial charge in [0, 0.05) is 7.09 Å². The van der Waals surface area contributed by atoms with Crippen LogP contribution in [-0.2, 0) is 9.53 Å². The summed E-state index contributed by atoms with van der Waals surface area (Å²) >= 11 is 0. The molecule has 0 rings (SSSR count). The Balaban J connectivity index is 4.24. The maximum absolute atomic E-state index is 10.1. The molecule has 0 spiro atoms. The van der Waals surface area contributed by atoms with E-state index in [4.69, 9.17) is 16.7 Å². The lowest BCUT2D eigenvalue weighted by molar-refractivity contribution is -0.140. The van der Waals surface area contributed by atoms with Gasteiger partial charge < -0.3 is 30.0 Å². The molecule has 0 aliphatic carbocycles. The second kappa shape index (κ2) is 6.01. The Hall–Kier alpha value is -0.530. The monoisotopic (exact) mass is 195 g/mol. The predicted molar refractivity (Wildman–Crippen MR) is 42.0 cm³/mol. The number of ether oxygens (including phenoxy) is 1. The standard InChI is InChI=1S/C7H14O6/c1-13-5(3-9)7(12)6(11)4(10)2-8/h2,4-7,9-12H,3H2,1H3/t4-,5+,6+,7+/m0/s1/i1D. The Labute approximate surface area is 76.8 Å². The van der Waals surface area contributed by atoms with E-state index < -0.39 is 38.1 Å². The minimum atomic E-state index is -1.74. The molecule has 6 nitrogen and oxygen atoms in total. The van der Waals surface area contributed by atoms with Crippen LogP contribution in [0.3, 0.4) is 0 Å². The Kier molecular flexibility index (Phi) is 4.87. The first-order chi connectivity index (χ1) is 6.58. The molecule has 4 N–H and O–H groups in total. The molecule has 4 atom stereocenters. The van der Waals surface area contributed by atoms with Crippen LogP contribution in [0.5, 0.6) is 0 Å². The van der Waals surface area contributed by atoms with Crippen molar-refractivity contribution in [3.63, 3.8) is 0 Å².